The topological polar surface area (TPSA) is 32.3 Å². The van der Waals surface area contributed by atoms with Crippen LogP contribution < -0.4 is 5.32 Å². The lowest BCUT2D eigenvalue weighted by atomic mass is 10.1. The lowest BCUT2D eigenvalue weighted by molar-refractivity contribution is 0.0946. The third-order valence-corrected chi connectivity index (χ3v) is 5.21. The summed E-state index contributed by atoms with van der Waals surface area (Å²) in [6.45, 7) is 2.82. The van der Waals surface area contributed by atoms with Gasteiger partial charge in [0.1, 0.15) is 5.82 Å². The molecular formula is C17H22ClFN2O. The molecular weight excluding hydrogens is 303 g/mol. The predicted molar refractivity (Wildman–Crippen MR) is 85.7 cm³/mol. The Balaban J connectivity index is 1.50. The molecule has 3 rings (SSSR count). The third kappa shape index (κ3) is 3.61. The van der Waals surface area contributed by atoms with Gasteiger partial charge in [0.25, 0.3) is 5.91 Å². The van der Waals surface area contributed by atoms with E-state index in [1.165, 1.54) is 43.9 Å². The maximum Gasteiger partial charge on any atom is 0.252 e. The molecule has 1 unspecified atom stereocenters. The molecule has 120 valence electrons. The van der Waals surface area contributed by atoms with Crippen molar-refractivity contribution in [3.05, 3.63) is 34.6 Å². The first-order valence-corrected chi connectivity index (χ1v) is 8.48. The molecule has 22 heavy (non-hydrogen) atoms. The Kier molecular flexibility index (Phi) is 4.99. The van der Waals surface area contributed by atoms with Crippen LogP contribution in [0.1, 0.15) is 42.5 Å². The minimum Gasteiger partial charge on any atom is -0.352 e. The van der Waals surface area contributed by atoms with Gasteiger partial charge in [0.2, 0.25) is 0 Å². The van der Waals surface area contributed by atoms with Crippen molar-refractivity contribution >= 4 is 17.5 Å². The van der Waals surface area contributed by atoms with Crippen molar-refractivity contribution in [3.8, 4) is 0 Å². The molecule has 1 aromatic rings. The number of rotatable bonds is 4. The first-order chi connectivity index (χ1) is 10.6. The Labute approximate surface area is 135 Å². The number of carbonyl (C=O) groups excluding carboxylic acids is 1. The molecule has 1 saturated heterocycles. The SMILES string of the molecule is O=C(NCC1CCN(C2CCCC2)C1)c1cc(F)ccc1Cl. The fourth-order valence-corrected chi connectivity index (χ4v) is 3.84. The zero-order valence-electron chi connectivity index (χ0n) is 12.7. The Morgan fingerprint density at radius 3 is 2.86 bits per heavy atom. The second-order valence-corrected chi connectivity index (χ2v) is 6.83. The summed E-state index contributed by atoms with van der Waals surface area (Å²) in [7, 11) is 0. The average Bonchev–Trinajstić information content (AvgIpc) is 3.17. The molecule has 1 atom stereocenters. The van der Waals surface area contributed by atoms with Crippen LogP contribution in [0, 0.1) is 11.7 Å². The van der Waals surface area contributed by atoms with E-state index in [4.69, 9.17) is 11.6 Å². The number of carbonyl (C=O) groups is 1. The van der Waals surface area contributed by atoms with Crippen molar-refractivity contribution in [3.63, 3.8) is 0 Å². The Morgan fingerprint density at radius 1 is 1.32 bits per heavy atom. The summed E-state index contributed by atoms with van der Waals surface area (Å²) in [6.07, 6.45) is 6.45. The molecule has 1 aliphatic carbocycles. The van der Waals surface area contributed by atoms with E-state index >= 15 is 0 Å². The summed E-state index contributed by atoms with van der Waals surface area (Å²) >= 11 is 5.96. The van der Waals surface area contributed by atoms with Gasteiger partial charge in [-0.15, -0.1) is 0 Å². The van der Waals surface area contributed by atoms with Crippen LogP contribution in [0.2, 0.25) is 5.02 Å². The highest BCUT2D eigenvalue weighted by atomic mass is 35.5. The van der Waals surface area contributed by atoms with Crippen molar-refractivity contribution in [2.45, 2.75) is 38.1 Å². The fraction of sp³-hybridized carbons (Fsp3) is 0.588. The minimum absolute atomic E-state index is 0.215. The molecule has 1 aliphatic heterocycles. The molecule has 1 amide bonds. The van der Waals surface area contributed by atoms with E-state index in [2.05, 4.69) is 10.2 Å². The summed E-state index contributed by atoms with van der Waals surface area (Å²) in [5, 5.41) is 3.19. The highest BCUT2D eigenvalue weighted by Gasteiger charge is 2.30. The summed E-state index contributed by atoms with van der Waals surface area (Å²) in [5.41, 5.74) is 0.215. The second kappa shape index (κ2) is 6.97. The molecule has 0 bridgehead atoms. The van der Waals surface area contributed by atoms with E-state index in [9.17, 15) is 9.18 Å². The van der Waals surface area contributed by atoms with E-state index in [0.717, 1.165) is 25.6 Å². The fourth-order valence-electron chi connectivity index (χ4n) is 3.63. The number of hydrogen-bond donors (Lipinski definition) is 1. The first kappa shape index (κ1) is 15.8. The van der Waals surface area contributed by atoms with Crippen molar-refractivity contribution in [2.24, 2.45) is 5.92 Å². The van der Waals surface area contributed by atoms with Crippen LogP contribution in [0.25, 0.3) is 0 Å². The van der Waals surface area contributed by atoms with Crippen LogP contribution in [0.5, 0.6) is 0 Å². The second-order valence-electron chi connectivity index (χ2n) is 6.42. The lowest BCUT2D eigenvalue weighted by Gasteiger charge is -2.23. The number of likely N-dealkylation sites (tertiary alicyclic amines) is 1. The first-order valence-electron chi connectivity index (χ1n) is 8.11. The average molecular weight is 325 g/mol. The molecule has 1 aromatic carbocycles. The van der Waals surface area contributed by atoms with Gasteiger partial charge in [-0.1, -0.05) is 24.4 Å². The molecule has 1 heterocycles. The van der Waals surface area contributed by atoms with Gasteiger partial charge >= 0.3 is 0 Å². The van der Waals surface area contributed by atoms with Gasteiger partial charge < -0.3 is 10.2 Å². The van der Waals surface area contributed by atoms with Crippen LogP contribution >= 0.6 is 11.6 Å². The summed E-state index contributed by atoms with van der Waals surface area (Å²) in [6, 6.07) is 4.62. The van der Waals surface area contributed by atoms with Gasteiger partial charge in [0.05, 0.1) is 10.6 Å². The zero-order chi connectivity index (χ0) is 15.5. The van der Waals surface area contributed by atoms with Crippen LogP contribution in [-0.4, -0.2) is 36.5 Å². The number of benzene rings is 1. The zero-order valence-corrected chi connectivity index (χ0v) is 13.4. The number of nitrogens with one attached hydrogen (secondary N) is 1. The molecule has 1 N–H and O–H groups in total. The standard InChI is InChI=1S/C17H22ClFN2O/c18-16-6-5-13(19)9-15(16)17(22)20-10-12-7-8-21(11-12)14-3-1-2-4-14/h5-6,9,12,14H,1-4,7-8,10-11H2,(H,20,22). The van der Waals surface area contributed by atoms with Gasteiger partial charge in [-0.3, -0.25) is 4.79 Å². The van der Waals surface area contributed by atoms with Gasteiger partial charge in [-0.2, -0.15) is 0 Å². The maximum absolute atomic E-state index is 13.2. The Bertz CT molecular complexity index is 545. The summed E-state index contributed by atoms with van der Waals surface area (Å²) < 4.78 is 13.2. The molecule has 1 saturated carbocycles. The molecule has 5 heteroatoms. The van der Waals surface area contributed by atoms with E-state index < -0.39 is 5.82 Å². The monoisotopic (exact) mass is 324 g/mol. The molecule has 2 aliphatic rings. The van der Waals surface area contributed by atoms with E-state index in [1.807, 2.05) is 0 Å². The van der Waals surface area contributed by atoms with Gasteiger partial charge in [0, 0.05) is 19.1 Å². The largest absolute Gasteiger partial charge is 0.352 e. The molecule has 0 spiro atoms. The van der Waals surface area contributed by atoms with Gasteiger partial charge in [-0.25, -0.2) is 4.39 Å². The predicted octanol–water partition coefficient (Wildman–Crippen LogP) is 3.47. The minimum atomic E-state index is -0.442. The maximum atomic E-state index is 13.2. The van der Waals surface area contributed by atoms with Crippen molar-refractivity contribution in [2.75, 3.05) is 19.6 Å². The van der Waals surface area contributed by atoms with E-state index in [1.54, 1.807) is 0 Å². The van der Waals surface area contributed by atoms with Crippen molar-refractivity contribution in [1.29, 1.82) is 0 Å². The van der Waals surface area contributed by atoms with Crippen LogP contribution in [-0.2, 0) is 0 Å². The van der Waals surface area contributed by atoms with Gasteiger partial charge in [0.15, 0.2) is 0 Å². The number of amides is 1. The van der Waals surface area contributed by atoms with Crippen molar-refractivity contribution in [1.82, 2.24) is 10.2 Å². The molecule has 2 fully saturated rings. The van der Waals surface area contributed by atoms with Crippen LogP contribution in [0.15, 0.2) is 18.2 Å². The quantitative estimate of drug-likeness (QED) is 0.919. The molecule has 0 radical (unpaired) electrons. The number of hydrogen-bond acceptors (Lipinski definition) is 2. The molecule has 0 aromatic heterocycles. The van der Waals surface area contributed by atoms with E-state index in [0.29, 0.717) is 12.5 Å². The van der Waals surface area contributed by atoms with Crippen molar-refractivity contribution < 1.29 is 9.18 Å². The summed E-state index contributed by atoms with van der Waals surface area (Å²) in [4.78, 5) is 14.7. The lowest BCUT2D eigenvalue weighted by Crippen LogP contribution is -2.34. The molecule has 3 nitrogen and oxygen atoms in total. The Hall–Kier alpha value is -1.13. The highest BCUT2D eigenvalue weighted by Crippen LogP contribution is 2.28. The third-order valence-electron chi connectivity index (χ3n) is 4.88. The van der Waals surface area contributed by atoms with Gasteiger partial charge in [-0.05, 0) is 49.9 Å². The summed E-state index contributed by atoms with van der Waals surface area (Å²) in [5.74, 6) is -0.247. The Morgan fingerprint density at radius 2 is 2.09 bits per heavy atom. The highest BCUT2D eigenvalue weighted by molar-refractivity contribution is 6.33. The normalized spacial score (nSPS) is 23.1. The smallest absolute Gasteiger partial charge is 0.252 e. The van der Waals surface area contributed by atoms with Crippen LogP contribution in [0.3, 0.4) is 0 Å². The van der Waals surface area contributed by atoms with E-state index in [-0.39, 0.29) is 16.5 Å². The number of halogens is 2. The number of nitrogens with zero attached hydrogens (tertiary/aromatic N) is 1. The van der Waals surface area contributed by atoms with Crippen LogP contribution in [0.4, 0.5) is 4.39 Å².